The molecular formula is C10H21NO3S. The minimum Gasteiger partial charge on any atom is -0.377 e. The van der Waals surface area contributed by atoms with Gasteiger partial charge in [-0.3, -0.25) is 0 Å². The number of hydrogen-bond donors (Lipinski definition) is 1. The molecule has 1 fully saturated rings. The summed E-state index contributed by atoms with van der Waals surface area (Å²) in [5, 5.41) is 3.35. The summed E-state index contributed by atoms with van der Waals surface area (Å²) in [6.07, 6.45) is 4.33. The Bertz CT molecular complexity index is 276. The molecule has 0 aliphatic carbocycles. The van der Waals surface area contributed by atoms with Crippen molar-refractivity contribution in [3.63, 3.8) is 0 Å². The van der Waals surface area contributed by atoms with Crippen molar-refractivity contribution in [2.45, 2.75) is 38.3 Å². The van der Waals surface area contributed by atoms with E-state index in [0.29, 0.717) is 19.1 Å². The standard InChI is InChI=1S/C10H21NO3S/c1-9-10(5-3-6-11-9)14-7-4-8-15(2,12)13/h9-11H,3-8H2,1-2H3. The van der Waals surface area contributed by atoms with Crippen LogP contribution in [0.3, 0.4) is 0 Å². The zero-order valence-electron chi connectivity index (χ0n) is 9.53. The smallest absolute Gasteiger partial charge is 0.147 e. The summed E-state index contributed by atoms with van der Waals surface area (Å²) in [6.45, 7) is 3.72. The van der Waals surface area contributed by atoms with Crippen LogP contribution >= 0.6 is 0 Å². The van der Waals surface area contributed by atoms with Crippen molar-refractivity contribution in [3.05, 3.63) is 0 Å². The van der Waals surface area contributed by atoms with Gasteiger partial charge in [0.2, 0.25) is 0 Å². The quantitative estimate of drug-likeness (QED) is 0.708. The van der Waals surface area contributed by atoms with E-state index in [0.717, 1.165) is 19.4 Å². The van der Waals surface area contributed by atoms with Crippen molar-refractivity contribution >= 4 is 9.84 Å². The molecule has 0 aromatic rings. The lowest BCUT2D eigenvalue weighted by molar-refractivity contribution is 0.0133. The molecule has 1 saturated heterocycles. The highest BCUT2D eigenvalue weighted by Crippen LogP contribution is 2.12. The number of sulfone groups is 1. The molecule has 2 unspecified atom stereocenters. The fourth-order valence-corrected chi connectivity index (χ4v) is 2.44. The third kappa shape index (κ3) is 5.49. The van der Waals surface area contributed by atoms with Crippen LogP contribution < -0.4 is 5.32 Å². The second kappa shape index (κ2) is 5.82. The van der Waals surface area contributed by atoms with Crippen LogP contribution in [0.2, 0.25) is 0 Å². The normalized spacial score (nSPS) is 27.9. The molecule has 0 bridgehead atoms. The van der Waals surface area contributed by atoms with E-state index in [1.165, 1.54) is 6.26 Å². The maximum absolute atomic E-state index is 10.9. The van der Waals surface area contributed by atoms with Crippen molar-refractivity contribution in [2.75, 3.05) is 25.2 Å². The van der Waals surface area contributed by atoms with Gasteiger partial charge in [-0.2, -0.15) is 0 Å². The molecule has 0 radical (unpaired) electrons. The molecule has 1 aliphatic rings. The minimum absolute atomic E-state index is 0.224. The van der Waals surface area contributed by atoms with Crippen molar-refractivity contribution in [3.8, 4) is 0 Å². The molecule has 1 heterocycles. The fourth-order valence-electron chi connectivity index (χ4n) is 1.80. The highest BCUT2D eigenvalue weighted by Gasteiger charge is 2.20. The summed E-state index contributed by atoms with van der Waals surface area (Å²) in [4.78, 5) is 0. The van der Waals surface area contributed by atoms with Crippen LogP contribution in [-0.2, 0) is 14.6 Å². The maximum Gasteiger partial charge on any atom is 0.147 e. The lowest BCUT2D eigenvalue weighted by Crippen LogP contribution is -2.44. The highest BCUT2D eigenvalue weighted by molar-refractivity contribution is 7.90. The molecule has 1 N–H and O–H groups in total. The largest absolute Gasteiger partial charge is 0.377 e. The van der Waals surface area contributed by atoms with Crippen LogP contribution in [0.5, 0.6) is 0 Å². The SMILES string of the molecule is CC1NCCCC1OCCCS(C)(=O)=O. The predicted octanol–water partition coefficient (Wildman–Crippen LogP) is 0.578. The van der Waals surface area contributed by atoms with E-state index in [4.69, 9.17) is 4.74 Å². The van der Waals surface area contributed by atoms with Crippen LogP contribution in [0.4, 0.5) is 0 Å². The van der Waals surface area contributed by atoms with Crippen LogP contribution in [0, 0.1) is 0 Å². The van der Waals surface area contributed by atoms with E-state index in [-0.39, 0.29) is 11.9 Å². The second-order valence-electron chi connectivity index (χ2n) is 4.28. The molecule has 0 saturated carbocycles. The zero-order valence-corrected chi connectivity index (χ0v) is 10.3. The van der Waals surface area contributed by atoms with Gasteiger partial charge in [0.15, 0.2) is 0 Å². The van der Waals surface area contributed by atoms with Crippen LogP contribution in [0.15, 0.2) is 0 Å². The van der Waals surface area contributed by atoms with Crippen molar-refractivity contribution in [1.29, 1.82) is 0 Å². The summed E-state index contributed by atoms with van der Waals surface area (Å²) in [6, 6.07) is 0.386. The Morgan fingerprint density at radius 3 is 2.80 bits per heavy atom. The first-order valence-corrected chi connectivity index (χ1v) is 7.58. The van der Waals surface area contributed by atoms with E-state index in [1.807, 2.05) is 0 Å². The number of ether oxygens (including phenoxy) is 1. The Balaban J connectivity index is 2.14. The average Bonchev–Trinajstić information content (AvgIpc) is 2.13. The Morgan fingerprint density at radius 2 is 2.20 bits per heavy atom. The predicted molar refractivity (Wildman–Crippen MR) is 60.8 cm³/mol. The number of rotatable bonds is 5. The first-order valence-electron chi connectivity index (χ1n) is 5.52. The number of piperidine rings is 1. The Labute approximate surface area is 92.3 Å². The Hall–Kier alpha value is -0.130. The van der Waals surface area contributed by atoms with Gasteiger partial charge in [0, 0.05) is 18.9 Å². The summed E-state index contributed by atoms with van der Waals surface area (Å²) in [5.74, 6) is 0.224. The lowest BCUT2D eigenvalue weighted by Gasteiger charge is -2.29. The minimum atomic E-state index is -2.84. The van der Waals surface area contributed by atoms with Crippen molar-refractivity contribution in [2.24, 2.45) is 0 Å². The first kappa shape index (κ1) is 12.9. The maximum atomic E-state index is 10.9. The van der Waals surface area contributed by atoms with E-state index in [2.05, 4.69) is 12.2 Å². The molecular weight excluding hydrogens is 214 g/mol. The highest BCUT2D eigenvalue weighted by atomic mass is 32.2. The van der Waals surface area contributed by atoms with E-state index < -0.39 is 9.84 Å². The topological polar surface area (TPSA) is 55.4 Å². The summed E-state index contributed by atoms with van der Waals surface area (Å²) < 4.78 is 27.4. The van der Waals surface area contributed by atoms with E-state index >= 15 is 0 Å². The third-order valence-corrected chi connectivity index (χ3v) is 3.71. The van der Waals surface area contributed by atoms with Gasteiger partial charge in [-0.25, -0.2) is 8.42 Å². The fraction of sp³-hybridized carbons (Fsp3) is 1.00. The molecule has 5 heteroatoms. The summed E-state index contributed by atoms with van der Waals surface area (Å²) in [7, 11) is -2.84. The number of nitrogens with one attached hydrogen (secondary N) is 1. The van der Waals surface area contributed by atoms with Gasteiger partial charge in [0.05, 0.1) is 11.9 Å². The molecule has 1 rings (SSSR count). The van der Waals surface area contributed by atoms with Crippen LogP contribution in [-0.4, -0.2) is 45.7 Å². The van der Waals surface area contributed by atoms with Crippen LogP contribution in [0.25, 0.3) is 0 Å². The molecule has 4 nitrogen and oxygen atoms in total. The molecule has 0 amide bonds. The van der Waals surface area contributed by atoms with E-state index in [9.17, 15) is 8.42 Å². The molecule has 0 aromatic carbocycles. The van der Waals surface area contributed by atoms with Crippen LogP contribution in [0.1, 0.15) is 26.2 Å². The van der Waals surface area contributed by atoms with Crippen molar-refractivity contribution < 1.29 is 13.2 Å². The van der Waals surface area contributed by atoms with Crippen molar-refractivity contribution in [1.82, 2.24) is 5.32 Å². The number of hydrogen-bond acceptors (Lipinski definition) is 4. The molecule has 2 atom stereocenters. The third-order valence-electron chi connectivity index (χ3n) is 2.68. The van der Waals surface area contributed by atoms with Gasteiger partial charge in [-0.1, -0.05) is 0 Å². The molecule has 0 spiro atoms. The Kier molecular flexibility index (Phi) is 5.02. The van der Waals surface area contributed by atoms with Gasteiger partial charge < -0.3 is 10.1 Å². The average molecular weight is 235 g/mol. The van der Waals surface area contributed by atoms with Gasteiger partial charge in [0.1, 0.15) is 9.84 Å². The summed E-state index contributed by atoms with van der Waals surface area (Å²) >= 11 is 0. The molecule has 1 aliphatic heterocycles. The van der Waals surface area contributed by atoms with Gasteiger partial charge in [-0.15, -0.1) is 0 Å². The summed E-state index contributed by atoms with van der Waals surface area (Å²) in [5.41, 5.74) is 0. The molecule has 0 aromatic heterocycles. The molecule has 90 valence electrons. The first-order chi connectivity index (χ1) is 6.99. The zero-order chi connectivity index (χ0) is 11.3. The van der Waals surface area contributed by atoms with Gasteiger partial charge in [-0.05, 0) is 32.7 Å². The second-order valence-corrected chi connectivity index (χ2v) is 6.54. The van der Waals surface area contributed by atoms with Gasteiger partial charge >= 0.3 is 0 Å². The monoisotopic (exact) mass is 235 g/mol. The lowest BCUT2D eigenvalue weighted by atomic mass is 10.0. The Morgan fingerprint density at radius 1 is 1.47 bits per heavy atom. The molecule has 15 heavy (non-hydrogen) atoms. The van der Waals surface area contributed by atoms with Gasteiger partial charge in [0.25, 0.3) is 0 Å². The van der Waals surface area contributed by atoms with E-state index in [1.54, 1.807) is 0 Å².